The summed E-state index contributed by atoms with van der Waals surface area (Å²) in [6, 6.07) is 4.69. The van der Waals surface area contributed by atoms with Gasteiger partial charge >= 0.3 is 5.97 Å². The average molecular weight is 295 g/mol. The van der Waals surface area contributed by atoms with E-state index in [2.05, 4.69) is 10.1 Å². The van der Waals surface area contributed by atoms with E-state index in [1.807, 2.05) is 20.8 Å². The summed E-state index contributed by atoms with van der Waals surface area (Å²) in [6.07, 6.45) is 0. The summed E-state index contributed by atoms with van der Waals surface area (Å²) in [7, 11) is 2.78. The lowest BCUT2D eigenvalue weighted by Gasteiger charge is -2.20. The van der Waals surface area contributed by atoms with Crippen molar-refractivity contribution in [2.75, 3.05) is 20.8 Å². The van der Waals surface area contributed by atoms with Crippen LogP contribution in [0.4, 0.5) is 0 Å². The van der Waals surface area contributed by atoms with Crippen molar-refractivity contribution in [3.8, 4) is 11.5 Å². The molecule has 1 aromatic carbocycles. The zero-order chi connectivity index (χ0) is 16.0. The molecule has 1 amide bonds. The SMILES string of the molecule is COC(=O)c1ccc(OC)cc1OCC(=O)NC(C)(C)C. The summed E-state index contributed by atoms with van der Waals surface area (Å²) in [5.41, 5.74) is -0.109. The van der Waals surface area contributed by atoms with Crippen molar-refractivity contribution in [2.45, 2.75) is 26.3 Å². The van der Waals surface area contributed by atoms with Gasteiger partial charge in [-0.15, -0.1) is 0 Å². The zero-order valence-electron chi connectivity index (χ0n) is 13.0. The molecule has 0 bridgehead atoms. The van der Waals surface area contributed by atoms with Gasteiger partial charge in [0.1, 0.15) is 17.1 Å². The second kappa shape index (κ2) is 6.97. The normalized spacial score (nSPS) is 10.7. The van der Waals surface area contributed by atoms with Crippen LogP contribution in [0.2, 0.25) is 0 Å². The van der Waals surface area contributed by atoms with Gasteiger partial charge in [0, 0.05) is 11.6 Å². The largest absolute Gasteiger partial charge is 0.497 e. The molecular weight excluding hydrogens is 274 g/mol. The van der Waals surface area contributed by atoms with Gasteiger partial charge in [-0.2, -0.15) is 0 Å². The maximum atomic E-state index is 11.8. The monoisotopic (exact) mass is 295 g/mol. The Bertz CT molecular complexity index is 519. The molecule has 0 aliphatic heterocycles. The smallest absolute Gasteiger partial charge is 0.341 e. The van der Waals surface area contributed by atoms with Crippen molar-refractivity contribution in [1.82, 2.24) is 5.32 Å². The minimum atomic E-state index is -0.538. The quantitative estimate of drug-likeness (QED) is 0.838. The molecule has 0 fully saturated rings. The lowest BCUT2D eigenvalue weighted by molar-refractivity contribution is -0.124. The summed E-state index contributed by atoms with van der Waals surface area (Å²) in [4.78, 5) is 23.4. The first-order valence-electron chi connectivity index (χ1n) is 6.47. The second-order valence-electron chi connectivity index (χ2n) is 5.44. The molecule has 0 spiro atoms. The maximum Gasteiger partial charge on any atom is 0.341 e. The third-order valence-electron chi connectivity index (χ3n) is 2.47. The number of esters is 1. The van der Waals surface area contributed by atoms with E-state index in [0.29, 0.717) is 5.75 Å². The lowest BCUT2D eigenvalue weighted by atomic mass is 10.1. The van der Waals surface area contributed by atoms with Crippen molar-refractivity contribution < 1.29 is 23.8 Å². The van der Waals surface area contributed by atoms with Crippen LogP contribution in [0.3, 0.4) is 0 Å². The van der Waals surface area contributed by atoms with Crippen LogP contribution in [0.5, 0.6) is 11.5 Å². The number of carbonyl (C=O) groups excluding carboxylic acids is 2. The number of carbonyl (C=O) groups is 2. The molecular formula is C15H21NO5. The Labute approximate surface area is 124 Å². The van der Waals surface area contributed by atoms with Crippen LogP contribution in [0.1, 0.15) is 31.1 Å². The molecule has 0 aliphatic carbocycles. The van der Waals surface area contributed by atoms with Crippen LogP contribution < -0.4 is 14.8 Å². The van der Waals surface area contributed by atoms with E-state index in [4.69, 9.17) is 9.47 Å². The molecule has 1 aromatic rings. The molecule has 0 aliphatic rings. The van der Waals surface area contributed by atoms with Crippen molar-refractivity contribution in [1.29, 1.82) is 0 Å². The summed E-state index contributed by atoms with van der Waals surface area (Å²) in [5, 5.41) is 2.77. The van der Waals surface area contributed by atoms with E-state index in [1.54, 1.807) is 6.07 Å². The zero-order valence-corrected chi connectivity index (χ0v) is 13.0. The van der Waals surface area contributed by atoms with Gasteiger partial charge in [-0.1, -0.05) is 0 Å². The van der Waals surface area contributed by atoms with E-state index in [1.165, 1.54) is 26.4 Å². The Morgan fingerprint density at radius 2 is 1.86 bits per heavy atom. The Hall–Kier alpha value is -2.24. The maximum absolute atomic E-state index is 11.8. The third kappa shape index (κ3) is 5.33. The molecule has 1 rings (SSSR count). The van der Waals surface area contributed by atoms with Crippen LogP contribution in [0.15, 0.2) is 18.2 Å². The Kier molecular flexibility index (Phi) is 5.58. The van der Waals surface area contributed by atoms with E-state index >= 15 is 0 Å². The molecule has 6 nitrogen and oxygen atoms in total. The molecule has 1 N–H and O–H groups in total. The molecule has 0 heterocycles. The second-order valence-corrected chi connectivity index (χ2v) is 5.44. The van der Waals surface area contributed by atoms with E-state index in [9.17, 15) is 9.59 Å². The Morgan fingerprint density at radius 1 is 1.19 bits per heavy atom. The van der Waals surface area contributed by atoms with Crippen molar-refractivity contribution in [3.63, 3.8) is 0 Å². The Morgan fingerprint density at radius 3 is 2.38 bits per heavy atom. The van der Waals surface area contributed by atoms with E-state index < -0.39 is 5.97 Å². The molecule has 116 valence electrons. The van der Waals surface area contributed by atoms with Gasteiger partial charge in [-0.25, -0.2) is 4.79 Å². The summed E-state index contributed by atoms with van der Waals surface area (Å²) < 4.78 is 15.2. The first kappa shape index (κ1) is 16.8. The first-order valence-corrected chi connectivity index (χ1v) is 6.47. The standard InChI is InChI=1S/C15H21NO5/c1-15(2,3)16-13(17)9-21-12-8-10(19-4)6-7-11(12)14(18)20-5/h6-8H,9H2,1-5H3,(H,16,17). The number of rotatable bonds is 5. The van der Waals surface area contributed by atoms with Crippen LogP contribution in [-0.2, 0) is 9.53 Å². The number of benzene rings is 1. The third-order valence-corrected chi connectivity index (χ3v) is 2.47. The number of nitrogens with one attached hydrogen (secondary N) is 1. The topological polar surface area (TPSA) is 73.9 Å². The van der Waals surface area contributed by atoms with Gasteiger partial charge in [0.15, 0.2) is 6.61 Å². The van der Waals surface area contributed by atoms with Gasteiger partial charge in [0.25, 0.3) is 5.91 Å². The molecule has 0 saturated carbocycles. The van der Waals surface area contributed by atoms with Crippen molar-refractivity contribution >= 4 is 11.9 Å². The van der Waals surface area contributed by atoms with Crippen molar-refractivity contribution in [2.24, 2.45) is 0 Å². The summed E-state index contributed by atoms with van der Waals surface area (Å²) in [5.74, 6) is -0.0517. The van der Waals surface area contributed by atoms with Crippen LogP contribution in [0, 0.1) is 0 Å². The highest BCUT2D eigenvalue weighted by Crippen LogP contribution is 2.25. The van der Waals surface area contributed by atoms with Crippen LogP contribution in [0.25, 0.3) is 0 Å². The molecule has 21 heavy (non-hydrogen) atoms. The fourth-order valence-corrected chi connectivity index (χ4v) is 1.63. The van der Waals surface area contributed by atoms with E-state index in [0.717, 1.165) is 0 Å². The Balaban J connectivity index is 2.85. The highest BCUT2D eigenvalue weighted by Gasteiger charge is 2.17. The summed E-state index contributed by atoms with van der Waals surface area (Å²) in [6.45, 7) is 5.41. The van der Waals surface area contributed by atoms with Crippen molar-refractivity contribution in [3.05, 3.63) is 23.8 Å². The summed E-state index contributed by atoms with van der Waals surface area (Å²) >= 11 is 0. The fraction of sp³-hybridized carbons (Fsp3) is 0.467. The van der Waals surface area contributed by atoms with Gasteiger partial charge in [0.05, 0.1) is 14.2 Å². The molecule has 6 heteroatoms. The highest BCUT2D eigenvalue weighted by molar-refractivity contribution is 5.92. The first-order chi connectivity index (χ1) is 9.76. The number of amides is 1. The molecule has 0 saturated heterocycles. The predicted molar refractivity (Wildman–Crippen MR) is 77.7 cm³/mol. The minimum absolute atomic E-state index is 0.200. The number of methoxy groups -OCH3 is 2. The van der Waals surface area contributed by atoms with Gasteiger partial charge in [-0.05, 0) is 32.9 Å². The van der Waals surface area contributed by atoms with Gasteiger partial charge in [-0.3, -0.25) is 4.79 Å². The van der Waals surface area contributed by atoms with E-state index in [-0.39, 0.29) is 29.4 Å². The fourth-order valence-electron chi connectivity index (χ4n) is 1.63. The highest BCUT2D eigenvalue weighted by atomic mass is 16.5. The van der Waals surface area contributed by atoms with Crippen LogP contribution >= 0.6 is 0 Å². The number of hydrogen-bond donors (Lipinski definition) is 1. The van der Waals surface area contributed by atoms with Crippen LogP contribution in [-0.4, -0.2) is 38.2 Å². The average Bonchev–Trinajstić information content (AvgIpc) is 2.42. The molecule has 0 atom stereocenters. The number of ether oxygens (including phenoxy) is 3. The lowest BCUT2D eigenvalue weighted by Crippen LogP contribution is -2.43. The minimum Gasteiger partial charge on any atom is -0.497 e. The molecule has 0 unspecified atom stereocenters. The molecule has 0 aromatic heterocycles. The predicted octanol–water partition coefficient (Wildman–Crippen LogP) is 1.78. The molecule has 0 radical (unpaired) electrons. The number of hydrogen-bond acceptors (Lipinski definition) is 5. The van der Waals surface area contributed by atoms with Gasteiger partial charge < -0.3 is 19.5 Å². The van der Waals surface area contributed by atoms with Gasteiger partial charge in [0.2, 0.25) is 0 Å².